The smallest absolute Gasteiger partial charge is 0.394 e. The van der Waals surface area contributed by atoms with E-state index in [-0.39, 0.29) is 0 Å². The Morgan fingerprint density at radius 1 is 1.44 bits per heavy atom. The van der Waals surface area contributed by atoms with E-state index in [4.69, 9.17) is 10.4 Å². The van der Waals surface area contributed by atoms with Crippen molar-refractivity contribution in [2.75, 3.05) is 13.2 Å². The van der Waals surface area contributed by atoms with E-state index >= 15 is 0 Å². The summed E-state index contributed by atoms with van der Waals surface area (Å²) in [6, 6.07) is 0. The molecule has 0 aliphatic heterocycles. The third kappa shape index (κ3) is 4.30. The second kappa shape index (κ2) is 3.75. The predicted octanol–water partition coefficient (Wildman–Crippen LogP) is -1.27. The Bertz CT molecular complexity index is 146. The Hall–Kier alpha value is -0.210. The Balaban J connectivity index is 3.61. The van der Waals surface area contributed by atoms with Gasteiger partial charge < -0.3 is 5.11 Å². The highest BCUT2D eigenvalue weighted by Gasteiger charge is 2.08. The summed E-state index contributed by atoms with van der Waals surface area (Å²) in [6.07, 6.45) is 0. The quantitative estimate of drug-likeness (QED) is 0.391. The summed E-state index contributed by atoms with van der Waals surface area (Å²) in [4.78, 5) is 0. The molecule has 0 fully saturated rings. The van der Waals surface area contributed by atoms with Gasteiger partial charge in [0.25, 0.3) is 0 Å². The highest BCUT2D eigenvalue weighted by Crippen LogP contribution is 1.90. The van der Waals surface area contributed by atoms with Gasteiger partial charge in [-0.25, -0.2) is 9.44 Å². The largest absolute Gasteiger partial charge is 0.426 e. The highest BCUT2D eigenvalue weighted by atomic mass is 32.3. The summed E-state index contributed by atoms with van der Waals surface area (Å²) >= 11 is 0. The second-order valence-electron chi connectivity index (χ2n) is 1.03. The summed E-state index contributed by atoms with van der Waals surface area (Å²) in [5.41, 5.74) is 0. The van der Waals surface area contributed by atoms with Crippen LogP contribution in [0.25, 0.3) is 0 Å². The zero-order valence-electron chi connectivity index (χ0n) is 4.35. The zero-order valence-corrected chi connectivity index (χ0v) is 5.17. The van der Waals surface area contributed by atoms with Crippen LogP contribution in [0.15, 0.2) is 0 Å². The SMILES string of the molecule is O=S(=O)(OO)OCCO. The Morgan fingerprint density at radius 2 is 2.00 bits per heavy atom. The van der Waals surface area contributed by atoms with E-state index in [1.807, 2.05) is 0 Å². The molecular weight excluding hydrogens is 152 g/mol. The van der Waals surface area contributed by atoms with E-state index in [9.17, 15) is 8.42 Å². The third-order valence-electron chi connectivity index (χ3n) is 0.410. The van der Waals surface area contributed by atoms with Crippen molar-refractivity contribution in [3.63, 3.8) is 0 Å². The van der Waals surface area contributed by atoms with Gasteiger partial charge in [0.05, 0.1) is 13.2 Å². The maximum atomic E-state index is 9.95. The molecule has 0 heterocycles. The van der Waals surface area contributed by atoms with Gasteiger partial charge in [-0.1, -0.05) is 4.33 Å². The minimum atomic E-state index is -4.29. The van der Waals surface area contributed by atoms with E-state index in [1.165, 1.54) is 0 Å². The molecule has 2 N–H and O–H groups in total. The Morgan fingerprint density at radius 3 is 2.33 bits per heavy atom. The fourth-order valence-corrected chi connectivity index (χ4v) is 0.483. The van der Waals surface area contributed by atoms with Gasteiger partial charge in [0.2, 0.25) is 0 Å². The predicted molar refractivity (Wildman–Crippen MR) is 25.7 cm³/mol. The molecule has 0 saturated carbocycles. The molecule has 0 aliphatic rings. The minimum absolute atomic E-state index is 0.428. The van der Waals surface area contributed by atoms with Crippen LogP contribution in [0, 0.1) is 0 Å². The molecule has 0 aliphatic carbocycles. The number of hydrogen-bond donors (Lipinski definition) is 2. The van der Waals surface area contributed by atoms with Crippen LogP contribution in [-0.4, -0.2) is 32.0 Å². The summed E-state index contributed by atoms with van der Waals surface area (Å²) in [6.45, 7) is -0.883. The van der Waals surface area contributed by atoms with Gasteiger partial charge in [0.1, 0.15) is 0 Å². The maximum absolute atomic E-state index is 9.95. The fraction of sp³-hybridized carbons (Fsp3) is 1.00. The first-order valence-corrected chi connectivity index (χ1v) is 3.29. The van der Waals surface area contributed by atoms with Gasteiger partial charge in [0.15, 0.2) is 0 Å². The van der Waals surface area contributed by atoms with Crippen LogP contribution >= 0.6 is 0 Å². The van der Waals surface area contributed by atoms with Crippen molar-refractivity contribution in [2.24, 2.45) is 0 Å². The van der Waals surface area contributed by atoms with Crippen LogP contribution in [0.4, 0.5) is 0 Å². The minimum Gasteiger partial charge on any atom is -0.394 e. The molecule has 0 aromatic rings. The van der Waals surface area contributed by atoms with Crippen LogP contribution in [-0.2, 0) is 18.9 Å². The van der Waals surface area contributed by atoms with E-state index in [0.717, 1.165) is 0 Å². The number of aliphatic hydroxyl groups is 1. The molecule has 0 unspecified atom stereocenters. The molecule has 7 heteroatoms. The van der Waals surface area contributed by atoms with E-state index in [1.54, 1.807) is 0 Å². The highest BCUT2D eigenvalue weighted by molar-refractivity contribution is 7.81. The third-order valence-corrected chi connectivity index (χ3v) is 1.05. The van der Waals surface area contributed by atoms with Gasteiger partial charge >= 0.3 is 10.4 Å². The molecule has 0 amide bonds. The molecule has 9 heavy (non-hydrogen) atoms. The van der Waals surface area contributed by atoms with Crippen LogP contribution in [0.2, 0.25) is 0 Å². The zero-order chi connectivity index (χ0) is 7.33. The molecule has 0 saturated heterocycles. The van der Waals surface area contributed by atoms with Crippen LogP contribution in [0.5, 0.6) is 0 Å². The van der Waals surface area contributed by atoms with Crippen molar-refractivity contribution in [3.8, 4) is 0 Å². The van der Waals surface area contributed by atoms with Crippen molar-refractivity contribution < 1.29 is 27.3 Å². The average molecular weight is 158 g/mol. The summed E-state index contributed by atoms with van der Waals surface area (Å²) in [7, 11) is -4.29. The van der Waals surface area contributed by atoms with Gasteiger partial charge in [-0.3, -0.25) is 0 Å². The molecular formula is C2H6O6S. The van der Waals surface area contributed by atoms with Crippen molar-refractivity contribution >= 4 is 10.4 Å². The molecule has 0 spiro atoms. The summed E-state index contributed by atoms with van der Waals surface area (Å²) in [5, 5.41) is 15.5. The average Bonchev–Trinajstić information content (AvgIpc) is 1.84. The topological polar surface area (TPSA) is 93.1 Å². The van der Waals surface area contributed by atoms with Gasteiger partial charge in [-0.2, -0.15) is 8.42 Å². The molecule has 0 radical (unpaired) electrons. The molecule has 0 atom stereocenters. The van der Waals surface area contributed by atoms with Crippen LogP contribution < -0.4 is 0 Å². The Labute approximate surface area is 51.9 Å². The van der Waals surface area contributed by atoms with Gasteiger partial charge in [-0.05, 0) is 0 Å². The lowest BCUT2D eigenvalue weighted by Gasteiger charge is -1.95. The first-order chi connectivity index (χ1) is 4.12. The van der Waals surface area contributed by atoms with Gasteiger partial charge in [0, 0.05) is 0 Å². The number of rotatable bonds is 4. The van der Waals surface area contributed by atoms with Gasteiger partial charge in [-0.15, -0.1) is 0 Å². The van der Waals surface area contributed by atoms with E-state index in [0.29, 0.717) is 0 Å². The number of aliphatic hydroxyl groups excluding tert-OH is 1. The summed E-state index contributed by atoms with van der Waals surface area (Å²) in [5.74, 6) is 0. The maximum Gasteiger partial charge on any atom is 0.426 e. The molecule has 6 nitrogen and oxygen atoms in total. The second-order valence-corrected chi connectivity index (χ2v) is 2.23. The monoisotopic (exact) mass is 158 g/mol. The molecule has 56 valence electrons. The van der Waals surface area contributed by atoms with Crippen molar-refractivity contribution in [1.29, 1.82) is 0 Å². The lowest BCUT2D eigenvalue weighted by Crippen LogP contribution is -2.10. The first-order valence-electron chi connectivity index (χ1n) is 1.95. The number of hydrogen-bond acceptors (Lipinski definition) is 6. The van der Waals surface area contributed by atoms with Crippen molar-refractivity contribution in [2.45, 2.75) is 0 Å². The fourth-order valence-electron chi connectivity index (χ4n) is 0.161. The van der Waals surface area contributed by atoms with Crippen LogP contribution in [0.3, 0.4) is 0 Å². The lowest BCUT2D eigenvalue weighted by atomic mass is 10.8. The molecule has 0 bridgehead atoms. The lowest BCUT2D eigenvalue weighted by molar-refractivity contribution is -0.143. The molecule has 0 aromatic heterocycles. The standard InChI is InChI=1S/C2H6O6S/c3-1-2-7-9(5,6)8-4/h3-4H,1-2H2. The Kier molecular flexibility index (Phi) is 3.66. The van der Waals surface area contributed by atoms with Crippen molar-refractivity contribution in [1.82, 2.24) is 0 Å². The van der Waals surface area contributed by atoms with Crippen LogP contribution in [0.1, 0.15) is 0 Å². The normalized spacial score (nSPS) is 11.8. The van der Waals surface area contributed by atoms with Crippen molar-refractivity contribution in [3.05, 3.63) is 0 Å². The molecule has 0 aromatic carbocycles. The van der Waals surface area contributed by atoms with E-state index < -0.39 is 23.6 Å². The first kappa shape index (κ1) is 8.79. The van der Waals surface area contributed by atoms with E-state index in [2.05, 4.69) is 8.52 Å². The summed E-state index contributed by atoms with van der Waals surface area (Å²) < 4.78 is 26.6. The molecule has 0 rings (SSSR count).